The number of alkyl halides is 3. The van der Waals surface area contributed by atoms with Crippen LogP contribution in [0.1, 0.15) is 24.1 Å². The van der Waals surface area contributed by atoms with E-state index < -0.39 is 17.6 Å². The van der Waals surface area contributed by atoms with E-state index in [1.165, 1.54) is 18.2 Å². The van der Waals surface area contributed by atoms with Crippen LogP contribution in [0, 0.1) is 5.82 Å². The predicted molar refractivity (Wildman–Crippen MR) is 72.4 cm³/mol. The molecule has 1 atom stereocenters. The fraction of sp³-hybridized carbons (Fsp3) is 0.214. The van der Waals surface area contributed by atoms with Crippen LogP contribution in [-0.2, 0) is 6.18 Å². The van der Waals surface area contributed by atoms with E-state index in [-0.39, 0.29) is 16.0 Å². The summed E-state index contributed by atoms with van der Waals surface area (Å²) in [5, 5.41) is 0.287. The monoisotopic (exact) mass is 316 g/mol. The second-order valence-corrected chi connectivity index (χ2v) is 5.53. The van der Waals surface area contributed by atoms with Gasteiger partial charge in [-0.2, -0.15) is 13.2 Å². The Bertz CT molecular complexity index is 624. The van der Waals surface area contributed by atoms with Crippen molar-refractivity contribution in [3.63, 3.8) is 0 Å². The fourth-order valence-corrected chi connectivity index (χ4v) is 2.36. The van der Waals surface area contributed by atoms with Gasteiger partial charge in [-0.3, -0.25) is 0 Å². The molecule has 0 bridgehead atoms. The molecule has 21 heavy (non-hydrogen) atoms. The third-order valence-corrected chi connectivity index (χ3v) is 3.76. The highest BCUT2D eigenvalue weighted by molar-refractivity contribution is 7.99. The smallest absolute Gasteiger partial charge is 0.324 e. The van der Waals surface area contributed by atoms with Crippen molar-refractivity contribution >= 4 is 11.8 Å². The molecule has 1 aromatic carbocycles. The summed E-state index contributed by atoms with van der Waals surface area (Å²) < 4.78 is 51.1. The number of benzene rings is 1. The minimum atomic E-state index is -4.43. The molecule has 0 saturated carbocycles. The van der Waals surface area contributed by atoms with E-state index in [0.29, 0.717) is 5.56 Å². The molecule has 0 amide bonds. The molecule has 0 radical (unpaired) electrons. The van der Waals surface area contributed by atoms with Gasteiger partial charge in [-0.15, -0.1) is 0 Å². The molecule has 0 unspecified atom stereocenters. The SMILES string of the molecule is C[C@H](N)c1ccc(Sc2ccc(C(F)(F)F)cn2)c(F)c1. The number of hydrogen-bond acceptors (Lipinski definition) is 3. The van der Waals surface area contributed by atoms with Crippen LogP contribution < -0.4 is 5.73 Å². The van der Waals surface area contributed by atoms with Crippen LogP contribution in [0.15, 0.2) is 46.5 Å². The predicted octanol–water partition coefficient (Wildman–Crippen LogP) is 4.41. The molecular formula is C14H12F4N2S. The molecule has 0 saturated heterocycles. The molecule has 0 spiro atoms. The van der Waals surface area contributed by atoms with Gasteiger partial charge in [0, 0.05) is 17.1 Å². The molecule has 2 nitrogen and oxygen atoms in total. The van der Waals surface area contributed by atoms with Crippen molar-refractivity contribution in [1.29, 1.82) is 0 Å². The zero-order valence-electron chi connectivity index (χ0n) is 11.0. The number of aromatic nitrogens is 1. The van der Waals surface area contributed by atoms with Gasteiger partial charge in [-0.1, -0.05) is 17.8 Å². The Balaban J connectivity index is 2.19. The molecule has 1 aromatic heterocycles. The average molecular weight is 316 g/mol. The first-order chi connectivity index (χ1) is 9.77. The summed E-state index contributed by atoms with van der Waals surface area (Å²) in [4.78, 5) is 3.97. The lowest BCUT2D eigenvalue weighted by Gasteiger charge is -2.09. The summed E-state index contributed by atoms with van der Waals surface area (Å²) >= 11 is 0.960. The molecule has 2 rings (SSSR count). The maximum Gasteiger partial charge on any atom is 0.417 e. The van der Waals surface area contributed by atoms with Gasteiger partial charge < -0.3 is 5.73 Å². The van der Waals surface area contributed by atoms with E-state index in [2.05, 4.69) is 4.98 Å². The van der Waals surface area contributed by atoms with Gasteiger partial charge in [0.05, 0.1) is 5.56 Å². The number of pyridine rings is 1. The van der Waals surface area contributed by atoms with Gasteiger partial charge in [0.15, 0.2) is 0 Å². The summed E-state index contributed by atoms with van der Waals surface area (Å²) in [6, 6.07) is 6.38. The van der Waals surface area contributed by atoms with Gasteiger partial charge in [0.25, 0.3) is 0 Å². The maximum atomic E-state index is 13.9. The van der Waals surface area contributed by atoms with Crippen molar-refractivity contribution in [3.8, 4) is 0 Å². The Morgan fingerprint density at radius 3 is 2.38 bits per heavy atom. The second-order valence-electron chi connectivity index (χ2n) is 4.46. The Hall–Kier alpha value is -1.60. The fourth-order valence-electron chi connectivity index (χ4n) is 1.60. The molecule has 7 heteroatoms. The van der Waals surface area contributed by atoms with Crippen LogP contribution in [0.25, 0.3) is 0 Å². The third kappa shape index (κ3) is 3.95. The molecule has 112 valence electrons. The number of rotatable bonds is 3. The van der Waals surface area contributed by atoms with Gasteiger partial charge in [-0.25, -0.2) is 9.37 Å². The lowest BCUT2D eigenvalue weighted by atomic mass is 10.1. The van der Waals surface area contributed by atoms with E-state index in [0.717, 1.165) is 24.0 Å². The Morgan fingerprint density at radius 1 is 1.19 bits per heavy atom. The van der Waals surface area contributed by atoms with Crippen LogP contribution in [0.5, 0.6) is 0 Å². The summed E-state index contributed by atoms with van der Waals surface area (Å²) in [7, 11) is 0. The van der Waals surface area contributed by atoms with Crippen LogP contribution in [0.2, 0.25) is 0 Å². The van der Waals surface area contributed by atoms with Gasteiger partial charge in [0.1, 0.15) is 10.8 Å². The minimum Gasteiger partial charge on any atom is -0.324 e. The first-order valence-corrected chi connectivity index (χ1v) is 6.85. The second kappa shape index (κ2) is 6.03. The summed E-state index contributed by atoms with van der Waals surface area (Å²) in [6.07, 6.45) is -3.70. The Labute approximate surface area is 123 Å². The molecule has 0 aliphatic carbocycles. The zero-order valence-corrected chi connectivity index (χ0v) is 11.8. The topological polar surface area (TPSA) is 38.9 Å². The summed E-state index contributed by atoms with van der Waals surface area (Å²) in [5.41, 5.74) is 5.47. The molecular weight excluding hydrogens is 304 g/mol. The highest BCUT2D eigenvalue weighted by Crippen LogP contribution is 2.32. The molecule has 0 aliphatic rings. The quantitative estimate of drug-likeness (QED) is 0.853. The van der Waals surface area contributed by atoms with Crippen molar-refractivity contribution in [2.24, 2.45) is 5.73 Å². The highest BCUT2D eigenvalue weighted by Gasteiger charge is 2.30. The van der Waals surface area contributed by atoms with Crippen LogP contribution in [0.4, 0.5) is 17.6 Å². The minimum absolute atomic E-state index is 0.284. The first kappa shape index (κ1) is 15.8. The van der Waals surface area contributed by atoms with Crippen LogP contribution in [-0.4, -0.2) is 4.98 Å². The Kier molecular flexibility index (Phi) is 4.53. The normalized spacial score (nSPS) is 13.2. The van der Waals surface area contributed by atoms with Gasteiger partial charge in [-0.05, 0) is 36.8 Å². The van der Waals surface area contributed by atoms with Crippen molar-refractivity contribution in [2.45, 2.75) is 29.1 Å². The largest absolute Gasteiger partial charge is 0.417 e. The summed E-state index contributed by atoms with van der Waals surface area (Å²) in [6.45, 7) is 1.74. The average Bonchev–Trinajstić information content (AvgIpc) is 2.40. The van der Waals surface area contributed by atoms with Crippen molar-refractivity contribution < 1.29 is 17.6 Å². The number of hydrogen-bond donors (Lipinski definition) is 1. The molecule has 1 heterocycles. The van der Waals surface area contributed by atoms with Crippen LogP contribution in [0.3, 0.4) is 0 Å². The van der Waals surface area contributed by atoms with Gasteiger partial charge in [0.2, 0.25) is 0 Å². The van der Waals surface area contributed by atoms with Crippen LogP contribution >= 0.6 is 11.8 Å². The van der Waals surface area contributed by atoms with E-state index in [1.807, 2.05) is 0 Å². The van der Waals surface area contributed by atoms with E-state index >= 15 is 0 Å². The van der Waals surface area contributed by atoms with Crippen molar-refractivity contribution in [1.82, 2.24) is 4.98 Å². The van der Waals surface area contributed by atoms with E-state index in [9.17, 15) is 17.6 Å². The summed E-state index contributed by atoms with van der Waals surface area (Å²) in [5.74, 6) is -0.475. The van der Waals surface area contributed by atoms with Crippen molar-refractivity contribution in [3.05, 3.63) is 53.5 Å². The van der Waals surface area contributed by atoms with E-state index in [1.54, 1.807) is 13.0 Å². The first-order valence-electron chi connectivity index (χ1n) is 6.03. The maximum absolute atomic E-state index is 13.9. The Morgan fingerprint density at radius 2 is 1.90 bits per heavy atom. The molecule has 0 aliphatic heterocycles. The van der Waals surface area contributed by atoms with Gasteiger partial charge >= 0.3 is 6.18 Å². The highest BCUT2D eigenvalue weighted by atomic mass is 32.2. The number of nitrogens with two attached hydrogens (primary N) is 1. The molecule has 2 aromatic rings. The zero-order chi connectivity index (χ0) is 15.6. The number of halogens is 4. The third-order valence-electron chi connectivity index (χ3n) is 2.76. The molecule has 2 N–H and O–H groups in total. The van der Waals surface area contributed by atoms with E-state index in [4.69, 9.17) is 5.73 Å². The lowest BCUT2D eigenvalue weighted by Crippen LogP contribution is -2.05. The molecule has 0 fully saturated rings. The van der Waals surface area contributed by atoms with Crippen molar-refractivity contribution in [2.75, 3.05) is 0 Å². The lowest BCUT2D eigenvalue weighted by molar-refractivity contribution is -0.137. The standard InChI is InChI=1S/C14H12F4N2S/c1-8(19)9-2-4-12(11(15)6-9)21-13-5-3-10(7-20-13)14(16,17)18/h2-8H,19H2,1H3/t8-/m0/s1. The number of nitrogens with zero attached hydrogens (tertiary/aromatic N) is 1.